The van der Waals surface area contributed by atoms with Crippen LogP contribution in [0.3, 0.4) is 0 Å². The summed E-state index contributed by atoms with van der Waals surface area (Å²) >= 11 is 4.14. The molecule has 0 bridgehead atoms. The van der Waals surface area contributed by atoms with E-state index in [1.807, 2.05) is 11.9 Å². The van der Waals surface area contributed by atoms with Gasteiger partial charge in [0.05, 0.1) is 16.5 Å². The van der Waals surface area contributed by atoms with E-state index in [-0.39, 0.29) is 5.75 Å². The Morgan fingerprint density at radius 1 is 1.27 bits per heavy atom. The first-order valence-electron chi connectivity index (χ1n) is 4.66. The molecule has 0 amide bonds. The van der Waals surface area contributed by atoms with Gasteiger partial charge in [0.1, 0.15) is 0 Å². The average molecular weight is 245 g/mol. The van der Waals surface area contributed by atoms with Crippen LogP contribution < -0.4 is 4.90 Å². The molecule has 1 aromatic rings. The fraction of sp³-hybridized carbons (Fsp3) is 0.400. The molecule has 1 aromatic carbocycles. The van der Waals surface area contributed by atoms with Gasteiger partial charge in [0.15, 0.2) is 9.84 Å². The highest BCUT2D eigenvalue weighted by Gasteiger charge is 2.11. The molecule has 0 fully saturated rings. The second kappa shape index (κ2) is 4.90. The van der Waals surface area contributed by atoms with Crippen molar-refractivity contribution in [3.05, 3.63) is 24.3 Å². The molecule has 3 nitrogen and oxygen atoms in total. The van der Waals surface area contributed by atoms with Gasteiger partial charge in [0, 0.05) is 12.7 Å². The Balaban J connectivity index is 3.00. The van der Waals surface area contributed by atoms with Crippen LogP contribution in [-0.4, -0.2) is 27.1 Å². The molecule has 5 heteroatoms. The zero-order chi connectivity index (χ0) is 11.5. The zero-order valence-corrected chi connectivity index (χ0v) is 10.6. The third kappa shape index (κ3) is 2.89. The second-order valence-electron chi connectivity index (χ2n) is 3.24. The Morgan fingerprint density at radius 3 is 2.20 bits per heavy atom. The molecule has 0 aliphatic rings. The molecule has 0 aliphatic carbocycles. The predicted molar refractivity (Wildman–Crippen MR) is 66.4 cm³/mol. The number of rotatable bonds is 4. The van der Waals surface area contributed by atoms with Crippen molar-refractivity contribution in [3.8, 4) is 0 Å². The van der Waals surface area contributed by atoms with E-state index in [2.05, 4.69) is 12.6 Å². The SMILES string of the molecule is CCS(=O)(=O)c1ccc(N(C)CS)cc1. The second-order valence-corrected chi connectivity index (χ2v) is 5.80. The third-order valence-corrected chi connectivity index (χ3v) is 4.40. The molecule has 0 aliphatic heterocycles. The van der Waals surface area contributed by atoms with Crippen LogP contribution in [0.15, 0.2) is 29.2 Å². The Morgan fingerprint density at radius 2 is 1.80 bits per heavy atom. The van der Waals surface area contributed by atoms with Crippen LogP contribution in [0, 0.1) is 0 Å². The summed E-state index contributed by atoms with van der Waals surface area (Å²) in [5.74, 6) is 0.731. The molecular weight excluding hydrogens is 230 g/mol. The van der Waals surface area contributed by atoms with E-state index in [1.54, 1.807) is 31.2 Å². The third-order valence-electron chi connectivity index (χ3n) is 2.23. The largest absolute Gasteiger partial charge is 0.366 e. The van der Waals surface area contributed by atoms with E-state index in [4.69, 9.17) is 0 Å². The van der Waals surface area contributed by atoms with Crippen molar-refractivity contribution in [1.29, 1.82) is 0 Å². The van der Waals surface area contributed by atoms with Gasteiger partial charge < -0.3 is 4.90 Å². The molecule has 1 rings (SSSR count). The molecule has 84 valence electrons. The molecule has 0 saturated heterocycles. The molecule has 0 spiro atoms. The number of sulfone groups is 1. The molecule has 0 heterocycles. The minimum Gasteiger partial charge on any atom is -0.366 e. The van der Waals surface area contributed by atoms with Crippen molar-refractivity contribution < 1.29 is 8.42 Å². The monoisotopic (exact) mass is 245 g/mol. The fourth-order valence-corrected chi connectivity index (χ4v) is 2.20. The topological polar surface area (TPSA) is 37.4 Å². The summed E-state index contributed by atoms with van der Waals surface area (Å²) in [6, 6.07) is 6.85. The van der Waals surface area contributed by atoms with Crippen molar-refractivity contribution in [3.63, 3.8) is 0 Å². The average Bonchev–Trinajstić information content (AvgIpc) is 2.28. The lowest BCUT2D eigenvalue weighted by atomic mass is 10.3. The lowest BCUT2D eigenvalue weighted by Crippen LogP contribution is -2.14. The van der Waals surface area contributed by atoms with E-state index in [9.17, 15) is 8.42 Å². The van der Waals surface area contributed by atoms with Gasteiger partial charge in [0.2, 0.25) is 0 Å². The van der Waals surface area contributed by atoms with Crippen molar-refractivity contribution in [1.82, 2.24) is 0 Å². The van der Waals surface area contributed by atoms with E-state index in [0.717, 1.165) is 5.69 Å². The zero-order valence-electron chi connectivity index (χ0n) is 8.84. The lowest BCUT2D eigenvalue weighted by Gasteiger charge is -2.16. The first-order valence-corrected chi connectivity index (χ1v) is 6.94. The summed E-state index contributed by atoms with van der Waals surface area (Å²) in [5.41, 5.74) is 0.958. The van der Waals surface area contributed by atoms with Gasteiger partial charge in [-0.3, -0.25) is 0 Å². The standard InChI is InChI=1S/C10H15NO2S2/c1-3-15(12,13)10-6-4-9(5-7-10)11(2)8-14/h4-7,14H,3,8H2,1-2H3. The van der Waals surface area contributed by atoms with E-state index in [1.165, 1.54) is 0 Å². The number of anilines is 1. The van der Waals surface area contributed by atoms with Crippen LogP contribution in [0.5, 0.6) is 0 Å². The summed E-state index contributed by atoms with van der Waals surface area (Å²) < 4.78 is 23.0. The van der Waals surface area contributed by atoms with Gasteiger partial charge in [0.25, 0.3) is 0 Å². The highest BCUT2D eigenvalue weighted by Crippen LogP contribution is 2.17. The first-order chi connectivity index (χ1) is 7.01. The highest BCUT2D eigenvalue weighted by atomic mass is 32.2. The van der Waals surface area contributed by atoms with Crippen LogP contribution in [0.4, 0.5) is 5.69 Å². The van der Waals surface area contributed by atoms with Crippen molar-refractivity contribution in [2.75, 3.05) is 23.6 Å². The number of nitrogens with zero attached hydrogens (tertiary/aromatic N) is 1. The summed E-state index contributed by atoms with van der Waals surface area (Å²) in [6.07, 6.45) is 0. The summed E-state index contributed by atoms with van der Waals surface area (Å²) in [4.78, 5) is 2.30. The number of hydrogen-bond acceptors (Lipinski definition) is 4. The molecule has 0 radical (unpaired) electrons. The Labute approximate surface area is 96.4 Å². The van der Waals surface area contributed by atoms with E-state index in [0.29, 0.717) is 10.8 Å². The maximum absolute atomic E-state index is 11.5. The van der Waals surface area contributed by atoms with Gasteiger partial charge in [-0.15, -0.1) is 0 Å². The summed E-state index contributed by atoms with van der Waals surface area (Å²) in [5, 5.41) is 0. The van der Waals surface area contributed by atoms with Gasteiger partial charge in [-0.25, -0.2) is 8.42 Å². The number of hydrogen-bond donors (Lipinski definition) is 1. The number of thiol groups is 1. The van der Waals surface area contributed by atoms with Crippen LogP contribution in [0.25, 0.3) is 0 Å². The molecule has 15 heavy (non-hydrogen) atoms. The minimum absolute atomic E-state index is 0.134. The van der Waals surface area contributed by atoms with Crippen LogP contribution in [0.1, 0.15) is 6.92 Å². The maximum atomic E-state index is 11.5. The highest BCUT2D eigenvalue weighted by molar-refractivity contribution is 7.91. The van der Waals surface area contributed by atoms with Gasteiger partial charge in [-0.05, 0) is 24.3 Å². The number of benzene rings is 1. The quantitative estimate of drug-likeness (QED) is 0.649. The molecule has 0 N–H and O–H groups in total. The Bertz CT molecular complexity index is 412. The fourth-order valence-electron chi connectivity index (χ4n) is 1.16. The van der Waals surface area contributed by atoms with Crippen molar-refractivity contribution in [2.24, 2.45) is 0 Å². The predicted octanol–water partition coefficient (Wildman–Crippen LogP) is 1.80. The molecule has 0 atom stereocenters. The van der Waals surface area contributed by atoms with Crippen LogP contribution >= 0.6 is 12.6 Å². The summed E-state index contributed by atoms with van der Waals surface area (Å²) in [7, 11) is -1.19. The van der Waals surface area contributed by atoms with Gasteiger partial charge in [-0.2, -0.15) is 12.6 Å². The van der Waals surface area contributed by atoms with Crippen molar-refractivity contribution in [2.45, 2.75) is 11.8 Å². The molecular formula is C10H15NO2S2. The minimum atomic E-state index is -3.08. The van der Waals surface area contributed by atoms with E-state index < -0.39 is 9.84 Å². The molecule has 0 unspecified atom stereocenters. The van der Waals surface area contributed by atoms with Gasteiger partial charge >= 0.3 is 0 Å². The maximum Gasteiger partial charge on any atom is 0.178 e. The molecule has 0 saturated carbocycles. The first kappa shape index (κ1) is 12.4. The van der Waals surface area contributed by atoms with Gasteiger partial charge in [-0.1, -0.05) is 6.92 Å². The van der Waals surface area contributed by atoms with Crippen LogP contribution in [-0.2, 0) is 9.84 Å². The molecule has 0 aromatic heterocycles. The van der Waals surface area contributed by atoms with Crippen molar-refractivity contribution >= 4 is 28.2 Å². The Kier molecular flexibility index (Phi) is 4.04. The van der Waals surface area contributed by atoms with Crippen LogP contribution in [0.2, 0.25) is 0 Å². The normalized spacial score (nSPS) is 11.4. The Hall–Kier alpha value is -0.680. The van der Waals surface area contributed by atoms with E-state index >= 15 is 0 Å². The lowest BCUT2D eigenvalue weighted by molar-refractivity contribution is 0.597. The summed E-state index contributed by atoms with van der Waals surface area (Å²) in [6.45, 7) is 1.64. The smallest absolute Gasteiger partial charge is 0.178 e.